The molecule has 1 fully saturated rings. The molecule has 180 valence electrons. The first kappa shape index (κ1) is 25.9. The number of aromatic nitrogens is 2. The lowest BCUT2D eigenvalue weighted by Crippen LogP contribution is -2.36. The highest BCUT2D eigenvalue weighted by molar-refractivity contribution is 7.47. The van der Waals surface area contributed by atoms with Crippen LogP contribution in [0.15, 0.2) is 34.3 Å². The Morgan fingerprint density at radius 1 is 1.44 bits per heavy atom. The van der Waals surface area contributed by atoms with E-state index in [-0.39, 0.29) is 12.8 Å². The Hall–Kier alpha value is -2.31. The van der Waals surface area contributed by atoms with Gasteiger partial charge in [0.1, 0.15) is 11.8 Å². The number of hydrogen-bond donors (Lipinski definition) is 2. The number of H-pyrrole nitrogens is 1. The summed E-state index contributed by atoms with van der Waals surface area (Å²) in [6.45, 7) is 5.07. The third-order valence-corrected chi connectivity index (χ3v) is 5.32. The molecular formula is C18H26FN2O10P. The van der Waals surface area contributed by atoms with E-state index in [1.54, 1.807) is 27.7 Å². The quantitative estimate of drug-likeness (QED) is 0.306. The molecule has 2 rings (SSSR count). The number of nitrogens with zero attached hydrogens (tertiary/aromatic N) is 1. The largest absolute Gasteiger partial charge is 0.510 e. The normalized spacial score (nSPS) is 24.5. The molecule has 3 atom stereocenters. The van der Waals surface area contributed by atoms with Crippen molar-refractivity contribution in [3.63, 3.8) is 0 Å². The minimum Gasteiger partial charge on any atom is -0.432 e. The van der Waals surface area contributed by atoms with Crippen molar-refractivity contribution in [1.29, 1.82) is 0 Å². The first-order valence-electron chi connectivity index (χ1n) is 9.52. The average Bonchev–Trinajstić information content (AvgIpc) is 2.90. The fourth-order valence-corrected chi connectivity index (χ4v) is 3.91. The zero-order valence-corrected chi connectivity index (χ0v) is 18.9. The van der Waals surface area contributed by atoms with Gasteiger partial charge in [0.15, 0.2) is 0 Å². The van der Waals surface area contributed by atoms with Crippen LogP contribution in [0.5, 0.6) is 0 Å². The van der Waals surface area contributed by atoms with Gasteiger partial charge in [-0.05, 0) is 26.3 Å². The summed E-state index contributed by atoms with van der Waals surface area (Å²) in [5.74, 6) is 0. The van der Waals surface area contributed by atoms with E-state index in [1.165, 1.54) is 6.20 Å². The van der Waals surface area contributed by atoms with Gasteiger partial charge < -0.3 is 19.1 Å². The second-order valence-corrected chi connectivity index (χ2v) is 9.51. The van der Waals surface area contributed by atoms with E-state index in [0.29, 0.717) is 0 Å². The molecule has 2 N–H and O–H groups in total. The lowest BCUT2D eigenvalue weighted by molar-refractivity contribution is -0.0883. The maximum atomic E-state index is 13.2. The summed E-state index contributed by atoms with van der Waals surface area (Å²) >= 11 is 0. The predicted octanol–water partition coefficient (Wildman–Crippen LogP) is 2.36. The van der Waals surface area contributed by atoms with Crippen LogP contribution in [-0.4, -0.2) is 45.7 Å². The van der Waals surface area contributed by atoms with Gasteiger partial charge in [0, 0.05) is 17.7 Å². The Morgan fingerprint density at radius 2 is 2.12 bits per heavy atom. The maximum absolute atomic E-state index is 13.2. The van der Waals surface area contributed by atoms with Crippen molar-refractivity contribution in [3.8, 4) is 0 Å². The highest BCUT2D eigenvalue weighted by Crippen LogP contribution is 2.52. The highest BCUT2D eigenvalue weighted by atomic mass is 31.2. The smallest absolute Gasteiger partial charge is 0.432 e. The molecule has 0 spiro atoms. The predicted molar refractivity (Wildman–Crippen MR) is 107 cm³/mol. The zero-order chi connectivity index (χ0) is 24.2. The highest BCUT2D eigenvalue weighted by Gasteiger charge is 2.52. The molecule has 1 unspecified atom stereocenters. The van der Waals surface area contributed by atoms with E-state index >= 15 is 0 Å². The second kappa shape index (κ2) is 10.1. The van der Waals surface area contributed by atoms with Crippen LogP contribution in [0.1, 0.15) is 40.3 Å². The lowest BCUT2D eigenvalue weighted by atomic mass is 9.82. The van der Waals surface area contributed by atoms with E-state index in [0.717, 1.165) is 16.7 Å². The molecule has 1 aliphatic heterocycles. The number of hydrogen-bond acceptors (Lipinski definition) is 9. The minimum absolute atomic E-state index is 0.0772. The Bertz CT molecular complexity index is 1000. The van der Waals surface area contributed by atoms with Gasteiger partial charge in [0.05, 0.1) is 19.0 Å². The van der Waals surface area contributed by atoms with Crippen molar-refractivity contribution in [3.05, 3.63) is 45.5 Å². The lowest BCUT2D eigenvalue weighted by Gasteiger charge is -2.27. The number of aromatic amines is 1. The van der Waals surface area contributed by atoms with Crippen molar-refractivity contribution in [2.75, 3.05) is 13.4 Å². The van der Waals surface area contributed by atoms with E-state index in [2.05, 4.69) is 19.0 Å². The molecule has 1 aromatic heterocycles. The second-order valence-electron chi connectivity index (χ2n) is 8.06. The van der Waals surface area contributed by atoms with Gasteiger partial charge in [-0.2, -0.15) is 0 Å². The third-order valence-electron chi connectivity index (χ3n) is 4.44. The van der Waals surface area contributed by atoms with E-state index in [1.807, 2.05) is 0 Å². The van der Waals surface area contributed by atoms with Crippen molar-refractivity contribution < 1.29 is 41.9 Å². The van der Waals surface area contributed by atoms with Gasteiger partial charge in [-0.1, -0.05) is 13.8 Å². The van der Waals surface area contributed by atoms with Crippen LogP contribution in [0.4, 0.5) is 9.18 Å². The number of rotatable bonds is 9. The van der Waals surface area contributed by atoms with Crippen LogP contribution in [0, 0.1) is 5.41 Å². The van der Waals surface area contributed by atoms with Gasteiger partial charge in [0.25, 0.3) is 5.56 Å². The van der Waals surface area contributed by atoms with E-state index in [9.17, 15) is 28.2 Å². The van der Waals surface area contributed by atoms with Gasteiger partial charge in [-0.15, -0.1) is 0 Å². The average molecular weight is 480 g/mol. The molecule has 1 aliphatic rings. The molecule has 2 heterocycles. The number of carbonyl (C=O) groups excluding carboxylic acids is 1. The summed E-state index contributed by atoms with van der Waals surface area (Å²) in [5.41, 5.74) is -3.66. The Balaban J connectivity index is 2.10. The summed E-state index contributed by atoms with van der Waals surface area (Å²) < 4.78 is 51.0. The van der Waals surface area contributed by atoms with E-state index in [4.69, 9.17) is 9.26 Å². The number of ether oxygens (including phenoxy) is 3. The Kier molecular flexibility index (Phi) is 8.18. The van der Waals surface area contributed by atoms with Crippen LogP contribution in [-0.2, 0) is 27.8 Å². The molecule has 0 amide bonds. The Morgan fingerprint density at radius 3 is 2.72 bits per heavy atom. The fraction of sp³-hybridized carbons (Fsp3) is 0.611. The summed E-state index contributed by atoms with van der Waals surface area (Å²) in [6.07, 6.45) is -0.0387. The number of halogens is 1. The SMILES string of the molecule is CC(C)OC(=O)OCOP(=O)(O)OC[C@]1(/C=C/F)CC(C)(C)[C@H](n2ccc(=O)[nH]c2=O)O1. The van der Waals surface area contributed by atoms with Gasteiger partial charge >= 0.3 is 19.7 Å². The molecule has 14 heteroatoms. The fourth-order valence-electron chi connectivity index (χ4n) is 3.27. The molecule has 0 radical (unpaired) electrons. The molecular weight excluding hydrogens is 454 g/mol. The summed E-state index contributed by atoms with van der Waals surface area (Å²) in [4.78, 5) is 46.8. The topological polar surface area (TPSA) is 155 Å². The van der Waals surface area contributed by atoms with Crippen LogP contribution in [0.25, 0.3) is 0 Å². The standard InChI is InChI=1S/C18H26FN2O10P/c1-12(2)30-16(24)27-11-29-32(25,26)28-10-18(6-7-19)9-17(3,4)14(31-18)21-8-5-13(22)20-15(21)23/h5-8,12,14H,9-11H2,1-4H3,(H,25,26)(H,20,22,23)/b7-6+/t14-,18+/m1/s1. The monoisotopic (exact) mass is 480 g/mol. The molecule has 32 heavy (non-hydrogen) atoms. The third kappa shape index (κ3) is 6.84. The molecule has 1 saturated heterocycles. The summed E-state index contributed by atoms with van der Waals surface area (Å²) in [6, 6.07) is 1.13. The van der Waals surface area contributed by atoms with Crippen molar-refractivity contribution in [2.45, 2.75) is 52.0 Å². The first-order valence-corrected chi connectivity index (χ1v) is 11.0. The number of phosphoric acid groups is 1. The van der Waals surface area contributed by atoms with Crippen molar-refractivity contribution in [1.82, 2.24) is 9.55 Å². The summed E-state index contributed by atoms with van der Waals surface area (Å²) in [7, 11) is -4.74. The molecule has 0 bridgehead atoms. The maximum Gasteiger partial charge on any atom is 0.510 e. The van der Waals surface area contributed by atoms with Crippen LogP contribution in [0.3, 0.4) is 0 Å². The molecule has 12 nitrogen and oxygen atoms in total. The first-order chi connectivity index (χ1) is 14.8. The molecule has 1 aromatic rings. The van der Waals surface area contributed by atoms with Crippen LogP contribution < -0.4 is 11.2 Å². The zero-order valence-electron chi connectivity index (χ0n) is 18.0. The molecule has 0 saturated carbocycles. The van der Waals surface area contributed by atoms with Crippen molar-refractivity contribution in [2.24, 2.45) is 5.41 Å². The molecule has 0 aliphatic carbocycles. The Labute approximate surface area is 182 Å². The number of nitrogens with one attached hydrogen (secondary N) is 1. The van der Waals surface area contributed by atoms with E-state index < -0.39 is 62.0 Å². The van der Waals surface area contributed by atoms with Crippen LogP contribution >= 0.6 is 7.82 Å². The van der Waals surface area contributed by atoms with Gasteiger partial charge in [-0.3, -0.25) is 18.9 Å². The molecule has 0 aromatic carbocycles. The van der Waals surface area contributed by atoms with Crippen LogP contribution in [0.2, 0.25) is 0 Å². The van der Waals surface area contributed by atoms with Gasteiger partial charge in [-0.25, -0.2) is 23.1 Å². The van der Waals surface area contributed by atoms with Crippen molar-refractivity contribution >= 4 is 14.0 Å². The number of phosphoric ester groups is 1. The number of carbonyl (C=O) groups is 1. The van der Waals surface area contributed by atoms with Gasteiger partial charge in [0.2, 0.25) is 6.79 Å². The minimum atomic E-state index is -4.74. The summed E-state index contributed by atoms with van der Waals surface area (Å²) in [5, 5.41) is 0.